The summed E-state index contributed by atoms with van der Waals surface area (Å²) < 4.78 is 0. The third-order valence-electron chi connectivity index (χ3n) is 3.83. The lowest BCUT2D eigenvalue weighted by Crippen LogP contribution is -2.34. The van der Waals surface area contributed by atoms with Gasteiger partial charge in [0.05, 0.1) is 0 Å². The van der Waals surface area contributed by atoms with Crippen LogP contribution < -0.4 is 31.9 Å². The summed E-state index contributed by atoms with van der Waals surface area (Å²) >= 11 is 0. The molecule has 22 heavy (non-hydrogen) atoms. The van der Waals surface area contributed by atoms with Crippen LogP contribution in [0, 0.1) is 0 Å². The molecule has 0 aromatic rings. The number of hydrogen-bond acceptors (Lipinski definition) is 6. The van der Waals surface area contributed by atoms with Crippen LogP contribution in [0.5, 0.6) is 0 Å². The minimum Gasteiger partial charge on any atom is -0.315 e. The van der Waals surface area contributed by atoms with Gasteiger partial charge in [-0.15, -0.1) is 0 Å². The Labute approximate surface area is 137 Å². The quantitative estimate of drug-likeness (QED) is 0.348. The lowest BCUT2D eigenvalue weighted by atomic mass is 10.3. The first-order chi connectivity index (χ1) is 11.0. The Kier molecular flexibility index (Phi) is 15.4. The Morgan fingerprint density at radius 1 is 0.227 bits per heavy atom. The molecule has 132 valence electrons. The molecule has 0 saturated carbocycles. The van der Waals surface area contributed by atoms with Crippen LogP contribution in [0.25, 0.3) is 0 Å². The number of hydrogen-bond donors (Lipinski definition) is 6. The lowest BCUT2D eigenvalue weighted by Gasteiger charge is -2.10. The Hall–Kier alpha value is -0.240. The summed E-state index contributed by atoms with van der Waals surface area (Å²) in [5.74, 6) is 0. The van der Waals surface area contributed by atoms with Crippen molar-refractivity contribution in [1.82, 2.24) is 31.9 Å². The van der Waals surface area contributed by atoms with Gasteiger partial charge in [-0.2, -0.15) is 0 Å². The maximum atomic E-state index is 3.49. The lowest BCUT2D eigenvalue weighted by molar-refractivity contribution is 0.529. The van der Waals surface area contributed by atoms with Gasteiger partial charge in [-0.3, -0.25) is 0 Å². The van der Waals surface area contributed by atoms with Crippen LogP contribution >= 0.6 is 0 Å². The van der Waals surface area contributed by atoms with Gasteiger partial charge in [0.15, 0.2) is 0 Å². The summed E-state index contributed by atoms with van der Waals surface area (Å²) in [5, 5.41) is 20.9. The van der Waals surface area contributed by atoms with E-state index in [1.54, 1.807) is 0 Å². The van der Waals surface area contributed by atoms with E-state index in [0.717, 1.165) is 78.5 Å². The Balaban J connectivity index is 2.00. The standard InChI is InChI=1S/C16H38N6/c1-2-6-18-10-14-22-16-12-20-8-4-3-7-19-11-15-21-13-9-17-5-1/h17-22H,1-16H2. The molecule has 0 atom stereocenters. The van der Waals surface area contributed by atoms with Crippen molar-refractivity contribution in [1.29, 1.82) is 0 Å². The molecule has 1 saturated heterocycles. The molecule has 0 bridgehead atoms. The highest BCUT2D eigenvalue weighted by Gasteiger charge is 1.93. The van der Waals surface area contributed by atoms with Gasteiger partial charge in [-0.25, -0.2) is 0 Å². The van der Waals surface area contributed by atoms with Gasteiger partial charge in [0, 0.05) is 52.4 Å². The van der Waals surface area contributed by atoms with Crippen molar-refractivity contribution in [2.24, 2.45) is 0 Å². The average Bonchev–Trinajstić information content (AvgIpc) is 2.53. The van der Waals surface area contributed by atoms with Gasteiger partial charge in [-0.1, -0.05) is 0 Å². The molecule has 0 aliphatic carbocycles. The Morgan fingerprint density at radius 3 is 0.636 bits per heavy atom. The van der Waals surface area contributed by atoms with Gasteiger partial charge in [0.1, 0.15) is 0 Å². The van der Waals surface area contributed by atoms with E-state index in [-0.39, 0.29) is 0 Å². The molecule has 0 unspecified atom stereocenters. The fourth-order valence-electron chi connectivity index (χ4n) is 2.46. The van der Waals surface area contributed by atoms with E-state index in [1.807, 2.05) is 0 Å². The smallest absolute Gasteiger partial charge is 0.00772 e. The average molecular weight is 315 g/mol. The van der Waals surface area contributed by atoms with Crippen molar-refractivity contribution in [2.45, 2.75) is 25.7 Å². The normalized spacial score (nSPS) is 24.0. The fraction of sp³-hybridized carbons (Fsp3) is 1.00. The molecule has 1 aliphatic heterocycles. The zero-order chi connectivity index (χ0) is 15.6. The van der Waals surface area contributed by atoms with Crippen LogP contribution in [0.1, 0.15) is 25.7 Å². The van der Waals surface area contributed by atoms with Gasteiger partial charge >= 0.3 is 0 Å². The monoisotopic (exact) mass is 314 g/mol. The van der Waals surface area contributed by atoms with E-state index in [4.69, 9.17) is 0 Å². The fourth-order valence-corrected chi connectivity index (χ4v) is 2.46. The SMILES string of the molecule is C1CCNCCNCCNCCCCNCCNCCNC1. The molecule has 1 fully saturated rings. The van der Waals surface area contributed by atoms with Gasteiger partial charge in [0.2, 0.25) is 0 Å². The van der Waals surface area contributed by atoms with E-state index in [9.17, 15) is 0 Å². The zero-order valence-corrected chi connectivity index (χ0v) is 14.3. The molecule has 1 aliphatic rings. The topological polar surface area (TPSA) is 72.2 Å². The predicted octanol–water partition coefficient (Wildman–Crippen LogP) is -0.902. The van der Waals surface area contributed by atoms with Crippen molar-refractivity contribution in [3.05, 3.63) is 0 Å². The molecule has 0 aromatic carbocycles. The van der Waals surface area contributed by atoms with E-state index < -0.39 is 0 Å². The molecule has 1 heterocycles. The van der Waals surface area contributed by atoms with Gasteiger partial charge in [0.25, 0.3) is 0 Å². The van der Waals surface area contributed by atoms with E-state index in [2.05, 4.69) is 31.9 Å². The summed E-state index contributed by atoms with van der Waals surface area (Å²) in [5.41, 5.74) is 0. The molecule has 6 heteroatoms. The third-order valence-corrected chi connectivity index (χ3v) is 3.83. The van der Waals surface area contributed by atoms with Crippen LogP contribution in [-0.4, -0.2) is 78.5 Å². The predicted molar refractivity (Wildman–Crippen MR) is 95.7 cm³/mol. The zero-order valence-electron chi connectivity index (χ0n) is 14.3. The summed E-state index contributed by atoms with van der Waals surface area (Å²) in [6.45, 7) is 13.1. The van der Waals surface area contributed by atoms with Crippen LogP contribution in [-0.2, 0) is 0 Å². The van der Waals surface area contributed by atoms with Crippen molar-refractivity contribution >= 4 is 0 Å². The van der Waals surface area contributed by atoms with E-state index in [1.165, 1.54) is 25.7 Å². The minimum atomic E-state index is 1.06. The first kappa shape index (κ1) is 19.8. The first-order valence-electron chi connectivity index (χ1n) is 9.24. The summed E-state index contributed by atoms with van der Waals surface area (Å²) in [6.07, 6.45) is 5.02. The second-order valence-corrected chi connectivity index (χ2v) is 5.91. The highest BCUT2D eigenvalue weighted by atomic mass is 15.0. The molecule has 1 rings (SSSR count). The number of rotatable bonds is 0. The molecular formula is C16H38N6. The van der Waals surface area contributed by atoms with Gasteiger partial charge in [-0.05, 0) is 51.9 Å². The molecule has 0 radical (unpaired) electrons. The molecule has 0 amide bonds. The van der Waals surface area contributed by atoms with E-state index >= 15 is 0 Å². The van der Waals surface area contributed by atoms with Crippen LogP contribution in [0.3, 0.4) is 0 Å². The molecule has 0 spiro atoms. The van der Waals surface area contributed by atoms with Crippen LogP contribution in [0.2, 0.25) is 0 Å². The molecule has 0 aromatic heterocycles. The summed E-state index contributed by atoms with van der Waals surface area (Å²) in [4.78, 5) is 0. The third kappa shape index (κ3) is 14.7. The highest BCUT2D eigenvalue weighted by molar-refractivity contribution is 4.59. The maximum Gasteiger partial charge on any atom is 0.00772 e. The van der Waals surface area contributed by atoms with Crippen molar-refractivity contribution in [3.8, 4) is 0 Å². The second kappa shape index (κ2) is 17.1. The van der Waals surface area contributed by atoms with Gasteiger partial charge < -0.3 is 31.9 Å². The maximum absolute atomic E-state index is 3.49. The van der Waals surface area contributed by atoms with Crippen LogP contribution in [0.4, 0.5) is 0 Å². The minimum absolute atomic E-state index is 1.06. The molecule has 6 nitrogen and oxygen atoms in total. The number of nitrogens with one attached hydrogen (secondary N) is 6. The summed E-state index contributed by atoms with van der Waals surface area (Å²) in [7, 11) is 0. The van der Waals surface area contributed by atoms with Crippen molar-refractivity contribution < 1.29 is 0 Å². The highest BCUT2D eigenvalue weighted by Crippen LogP contribution is 1.85. The molecule has 6 N–H and O–H groups in total. The van der Waals surface area contributed by atoms with Crippen molar-refractivity contribution in [3.63, 3.8) is 0 Å². The van der Waals surface area contributed by atoms with Crippen molar-refractivity contribution in [2.75, 3.05) is 78.5 Å². The largest absolute Gasteiger partial charge is 0.315 e. The first-order valence-corrected chi connectivity index (χ1v) is 9.24. The summed E-state index contributed by atoms with van der Waals surface area (Å²) in [6, 6.07) is 0. The Morgan fingerprint density at radius 2 is 0.409 bits per heavy atom. The Bertz CT molecular complexity index is 117. The second-order valence-electron chi connectivity index (χ2n) is 5.91. The molecular weight excluding hydrogens is 276 g/mol. The van der Waals surface area contributed by atoms with Crippen LogP contribution in [0.15, 0.2) is 0 Å². The van der Waals surface area contributed by atoms with E-state index in [0.29, 0.717) is 0 Å².